The van der Waals surface area contributed by atoms with Gasteiger partial charge in [-0.2, -0.15) is 9.49 Å². The van der Waals surface area contributed by atoms with Crippen LogP contribution < -0.4 is 10.5 Å². The first-order valence-electron chi connectivity index (χ1n) is 5.00. The molecule has 2 aromatic rings. The summed E-state index contributed by atoms with van der Waals surface area (Å²) in [6.07, 6.45) is 1.42. The highest BCUT2D eigenvalue weighted by atomic mass is 35.5. The normalized spacial score (nSPS) is 10.7. The van der Waals surface area contributed by atoms with Gasteiger partial charge in [-0.3, -0.25) is 4.68 Å². The molecule has 0 atom stereocenters. The summed E-state index contributed by atoms with van der Waals surface area (Å²) in [5.74, 6) is -1.41. The molecule has 3 N–H and O–H groups in total. The van der Waals surface area contributed by atoms with Crippen molar-refractivity contribution >= 4 is 17.4 Å². The number of hydrogen-bond donors (Lipinski definition) is 2. The number of methoxy groups -OCH3 is 1. The number of rotatable bonds is 2. The molecule has 1 aromatic heterocycles. The third-order valence-corrected chi connectivity index (χ3v) is 2.91. The number of benzene rings is 1. The molecule has 0 amide bonds. The summed E-state index contributed by atoms with van der Waals surface area (Å²) >= 11 is 5.87. The van der Waals surface area contributed by atoms with Gasteiger partial charge < -0.3 is 15.6 Å². The molecule has 1 heterocycles. The van der Waals surface area contributed by atoms with Crippen molar-refractivity contribution in [3.05, 3.63) is 23.1 Å². The van der Waals surface area contributed by atoms with Crippen LogP contribution in [0.1, 0.15) is 0 Å². The minimum absolute atomic E-state index is 0.0473. The molecular weight excluding hydrogens is 261 g/mol. The van der Waals surface area contributed by atoms with Crippen molar-refractivity contribution in [3.63, 3.8) is 0 Å². The predicted molar refractivity (Wildman–Crippen MR) is 66.2 cm³/mol. The fraction of sp³-hybridized carbons (Fsp3) is 0.182. The second kappa shape index (κ2) is 4.38. The van der Waals surface area contributed by atoms with E-state index in [1.54, 1.807) is 7.05 Å². The molecule has 0 aliphatic heterocycles. The molecule has 5 nitrogen and oxygen atoms in total. The molecule has 0 spiro atoms. The average Bonchev–Trinajstić information content (AvgIpc) is 2.66. The molecule has 0 aliphatic rings. The number of nitrogens with two attached hydrogens (primary N) is 1. The number of ether oxygens (including phenoxy) is 1. The van der Waals surface area contributed by atoms with Crippen molar-refractivity contribution in [3.8, 4) is 22.6 Å². The van der Waals surface area contributed by atoms with Crippen LogP contribution in [-0.2, 0) is 7.05 Å². The number of hydrogen-bond acceptors (Lipinski definition) is 4. The molecule has 7 heteroatoms. The lowest BCUT2D eigenvalue weighted by molar-refractivity contribution is 0.365. The summed E-state index contributed by atoms with van der Waals surface area (Å²) in [4.78, 5) is 0. The van der Waals surface area contributed by atoms with E-state index >= 15 is 0 Å². The van der Waals surface area contributed by atoms with E-state index < -0.39 is 11.6 Å². The molecule has 0 fully saturated rings. The minimum atomic E-state index is -0.928. The topological polar surface area (TPSA) is 73.3 Å². The number of phenols is 1. The minimum Gasteiger partial charge on any atom is -0.504 e. The lowest BCUT2D eigenvalue weighted by Gasteiger charge is -2.10. The Labute approximate surface area is 108 Å². The highest BCUT2D eigenvalue weighted by molar-refractivity contribution is 6.32. The Morgan fingerprint density at radius 3 is 2.67 bits per heavy atom. The Morgan fingerprint density at radius 1 is 1.50 bits per heavy atom. The van der Waals surface area contributed by atoms with Crippen LogP contribution in [0.4, 0.5) is 10.2 Å². The van der Waals surface area contributed by atoms with Crippen molar-refractivity contribution in [1.29, 1.82) is 0 Å². The number of aryl methyl sites for hydroxylation is 1. The Bertz CT molecular complexity index is 613. The molecule has 0 saturated carbocycles. The molecule has 0 radical (unpaired) electrons. The molecule has 18 heavy (non-hydrogen) atoms. The van der Waals surface area contributed by atoms with Gasteiger partial charge in [0.2, 0.25) is 5.82 Å². The van der Waals surface area contributed by atoms with E-state index in [0.717, 1.165) is 0 Å². The van der Waals surface area contributed by atoms with Gasteiger partial charge >= 0.3 is 0 Å². The zero-order valence-corrected chi connectivity index (χ0v) is 10.5. The predicted octanol–water partition coefficient (Wildman–Crippen LogP) is 2.18. The monoisotopic (exact) mass is 271 g/mol. The van der Waals surface area contributed by atoms with Gasteiger partial charge in [0.1, 0.15) is 5.82 Å². The van der Waals surface area contributed by atoms with Gasteiger partial charge in [-0.05, 0) is 6.07 Å². The maximum atomic E-state index is 13.8. The number of aromatic hydroxyl groups is 1. The van der Waals surface area contributed by atoms with Gasteiger partial charge in [0.25, 0.3) is 0 Å². The van der Waals surface area contributed by atoms with Crippen molar-refractivity contribution in [2.24, 2.45) is 7.05 Å². The zero-order valence-electron chi connectivity index (χ0n) is 9.74. The molecule has 0 aliphatic carbocycles. The van der Waals surface area contributed by atoms with Crippen LogP contribution in [0.2, 0.25) is 5.02 Å². The second-order valence-electron chi connectivity index (χ2n) is 3.67. The number of nitrogen functional groups attached to an aromatic ring is 1. The SMILES string of the molecule is COc1c(Cl)cc(-c2cnn(C)c2N)c(O)c1F. The third-order valence-electron chi connectivity index (χ3n) is 2.63. The standard InChI is InChI=1S/C11H11ClFN3O2/c1-16-11(14)6(4-15-16)5-3-7(12)10(18-2)8(13)9(5)17/h3-4,17H,14H2,1-2H3. The first-order chi connectivity index (χ1) is 8.47. The molecular formula is C11H11ClFN3O2. The van der Waals surface area contributed by atoms with Crippen LogP contribution in [0.25, 0.3) is 11.1 Å². The van der Waals surface area contributed by atoms with Crippen molar-refractivity contribution < 1.29 is 14.2 Å². The largest absolute Gasteiger partial charge is 0.504 e. The number of anilines is 1. The van der Waals surface area contributed by atoms with E-state index in [0.29, 0.717) is 11.4 Å². The van der Waals surface area contributed by atoms with Crippen LogP contribution in [0.15, 0.2) is 12.3 Å². The molecule has 0 bridgehead atoms. The van der Waals surface area contributed by atoms with Gasteiger partial charge in [-0.25, -0.2) is 0 Å². The molecule has 0 saturated heterocycles. The van der Waals surface area contributed by atoms with E-state index in [9.17, 15) is 9.50 Å². The van der Waals surface area contributed by atoms with Crippen molar-refractivity contribution in [2.45, 2.75) is 0 Å². The quantitative estimate of drug-likeness (QED) is 0.878. The van der Waals surface area contributed by atoms with Gasteiger partial charge in [0, 0.05) is 18.2 Å². The summed E-state index contributed by atoms with van der Waals surface area (Å²) in [6.45, 7) is 0. The zero-order chi connectivity index (χ0) is 13.4. The number of aromatic nitrogens is 2. The van der Waals surface area contributed by atoms with E-state index in [1.807, 2.05) is 0 Å². The lowest BCUT2D eigenvalue weighted by Crippen LogP contribution is -1.98. The van der Waals surface area contributed by atoms with E-state index in [2.05, 4.69) is 5.10 Å². The lowest BCUT2D eigenvalue weighted by atomic mass is 10.1. The summed E-state index contributed by atoms with van der Waals surface area (Å²) in [5, 5.41) is 13.8. The van der Waals surface area contributed by atoms with Crippen LogP contribution in [0.5, 0.6) is 11.5 Å². The number of halogens is 2. The van der Waals surface area contributed by atoms with Crippen molar-refractivity contribution in [2.75, 3.05) is 12.8 Å². The van der Waals surface area contributed by atoms with Gasteiger partial charge in [0.15, 0.2) is 11.5 Å². The number of nitrogens with zero attached hydrogens (tertiary/aromatic N) is 2. The maximum Gasteiger partial charge on any atom is 0.208 e. The van der Waals surface area contributed by atoms with E-state index in [-0.39, 0.29) is 16.3 Å². The molecule has 0 unspecified atom stereocenters. The summed E-state index contributed by atoms with van der Waals surface area (Å²) in [5.41, 5.74) is 6.34. The fourth-order valence-electron chi connectivity index (χ4n) is 1.64. The van der Waals surface area contributed by atoms with Crippen LogP contribution in [0.3, 0.4) is 0 Å². The fourth-order valence-corrected chi connectivity index (χ4v) is 1.91. The average molecular weight is 272 g/mol. The Kier molecular flexibility index (Phi) is 3.04. The second-order valence-corrected chi connectivity index (χ2v) is 4.08. The first-order valence-corrected chi connectivity index (χ1v) is 5.38. The third kappa shape index (κ3) is 1.74. The highest BCUT2D eigenvalue weighted by Gasteiger charge is 2.21. The van der Waals surface area contributed by atoms with Crippen LogP contribution in [-0.4, -0.2) is 22.0 Å². The smallest absolute Gasteiger partial charge is 0.208 e. The highest BCUT2D eigenvalue weighted by Crippen LogP contribution is 2.42. The summed E-state index contributed by atoms with van der Waals surface area (Å²) in [7, 11) is 2.90. The van der Waals surface area contributed by atoms with Gasteiger partial charge in [-0.1, -0.05) is 11.6 Å². The Hall–Kier alpha value is -1.95. The van der Waals surface area contributed by atoms with Crippen molar-refractivity contribution in [1.82, 2.24) is 9.78 Å². The first kappa shape index (κ1) is 12.5. The molecule has 2 rings (SSSR count). The van der Waals surface area contributed by atoms with Crippen LogP contribution >= 0.6 is 11.6 Å². The Balaban J connectivity index is 2.70. The van der Waals surface area contributed by atoms with Gasteiger partial charge in [-0.15, -0.1) is 0 Å². The van der Waals surface area contributed by atoms with E-state index in [4.69, 9.17) is 22.1 Å². The summed E-state index contributed by atoms with van der Waals surface area (Å²) in [6, 6.07) is 1.38. The Morgan fingerprint density at radius 2 is 2.17 bits per heavy atom. The van der Waals surface area contributed by atoms with Gasteiger partial charge in [0.05, 0.1) is 18.3 Å². The molecule has 1 aromatic carbocycles. The maximum absolute atomic E-state index is 13.8. The number of phenolic OH excluding ortho intramolecular Hbond substituents is 1. The molecule has 96 valence electrons. The van der Waals surface area contributed by atoms with E-state index in [1.165, 1.54) is 24.1 Å². The van der Waals surface area contributed by atoms with Crippen LogP contribution in [0, 0.1) is 5.82 Å². The summed E-state index contributed by atoms with van der Waals surface area (Å²) < 4.78 is 20.0.